The average molecular weight is 641 g/mol. The van der Waals surface area contributed by atoms with Crippen LogP contribution in [0.15, 0.2) is 24.3 Å². The molecule has 12 nitrogen and oxygen atoms in total. The quantitative estimate of drug-likeness (QED) is 0.337. The first kappa shape index (κ1) is 35.3. The summed E-state index contributed by atoms with van der Waals surface area (Å²) in [4.78, 5) is 47.1. The highest BCUT2D eigenvalue weighted by Gasteiger charge is 2.42. The van der Waals surface area contributed by atoms with Crippen molar-refractivity contribution in [2.45, 2.75) is 78.9 Å². The predicted octanol–water partition coefficient (Wildman–Crippen LogP) is 4.13. The normalized spacial score (nSPS) is 19.0. The monoisotopic (exact) mass is 640 g/mol. The van der Waals surface area contributed by atoms with Crippen LogP contribution in [0, 0.1) is 18.8 Å². The molecular formula is C34H52N6O6. The van der Waals surface area contributed by atoms with E-state index in [9.17, 15) is 14.4 Å². The van der Waals surface area contributed by atoms with Gasteiger partial charge in [0.05, 0.1) is 36.6 Å². The Labute approximate surface area is 273 Å². The second-order valence-electron chi connectivity index (χ2n) is 13.8. The molecule has 2 aliphatic rings. The summed E-state index contributed by atoms with van der Waals surface area (Å²) in [6.45, 7) is 15.1. The van der Waals surface area contributed by atoms with Gasteiger partial charge < -0.3 is 28.9 Å². The molecular weight excluding hydrogens is 588 g/mol. The molecule has 46 heavy (non-hydrogen) atoms. The molecule has 0 radical (unpaired) electrons. The summed E-state index contributed by atoms with van der Waals surface area (Å²) in [7, 11) is 1.68. The number of aryl methyl sites for hydroxylation is 1. The number of morpholine rings is 1. The molecule has 1 aromatic carbocycles. The van der Waals surface area contributed by atoms with Crippen LogP contribution in [0.5, 0.6) is 0 Å². The summed E-state index contributed by atoms with van der Waals surface area (Å²) in [6.07, 6.45) is 2.16. The Kier molecular flexibility index (Phi) is 12.2. The molecule has 0 saturated carbocycles. The van der Waals surface area contributed by atoms with Crippen LogP contribution in [0.3, 0.4) is 0 Å². The maximum absolute atomic E-state index is 14.6. The highest BCUT2D eigenvalue weighted by Crippen LogP contribution is 2.28. The number of hydrogen-bond donors (Lipinski definition) is 0. The number of likely N-dealkylation sites (tertiary alicyclic amines) is 1. The van der Waals surface area contributed by atoms with Crippen molar-refractivity contribution in [3.8, 4) is 5.69 Å². The number of benzene rings is 1. The first-order valence-corrected chi connectivity index (χ1v) is 16.5. The van der Waals surface area contributed by atoms with E-state index in [-0.39, 0.29) is 30.8 Å². The van der Waals surface area contributed by atoms with Crippen molar-refractivity contribution in [2.75, 3.05) is 59.7 Å². The van der Waals surface area contributed by atoms with Crippen molar-refractivity contribution < 1.29 is 28.6 Å². The van der Waals surface area contributed by atoms with Crippen molar-refractivity contribution >= 4 is 17.9 Å². The van der Waals surface area contributed by atoms with Crippen LogP contribution in [0.2, 0.25) is 0 Å². The summed E-state index contributed by atoms with van der Waals surface area (Å²) in [5.41, 5.74) is 2.23. The zero-order valence-electron chi connectivity index (χ0n) is 28.7. The van der Waals surface area contributed by atoms with Crippen LogP contribution in [-0.4, -0.2) is 119 Å². The topological polar surface area (TPSA) is 119 Å². The Morgan fingerprint density at radius 2 is 1.78 bits per heavy atom. The fourth-order valence-corrected chi connectivity index (χ4v) is 6.15. The number of nitrogens with zero attached hydrogens (tertiary/aromatic N) is 6. The summed E-state index contributed by atoms with van der Waals surface area (Å²) < 4.78 is 18.3. The van der Waals surface area contributed by atoms with Gasteiger partial charge in [-0.05, 0) is 70.9 Å². The molecule has 0 spiro atoms. The van der Waals surface area contributed by atoms with Crippen molar-refractivity contribution in [1.82, 2.24) is 29.7 Å². The van der Waals surface area contributed by atoms with E-state index < -0.39 is 23.7 Å². The third kappa shape index (κ3) is 9.06. The van der Waals surface area contributed by atoms with E-state index in [1.807, 2.05) is 61.8 Å². The minimum atomic E-state index is -0.701. The van der Waals surface area contributed by atoms with E-state index in [0.717, 1.165) is 29.8 Å². The minimum Gasteiger partial charge on any atom is -0.444 e. The number of ether oxygens (including phenoxy) is 3. The smallest absolute Gasteiger partial charge is 0.410 e. The number of para-hydroxylation sites is 1. The second kappa shape index (κ2) is 15.9. The van der Waals surface area contributed by atoms with Crippen LogP contribution in [0.1, 0.15) is 75.6 Å². The Morgan fingerprint density at radius 3 is 2.43 bits per heavy atom. The van der Waals surface area contributed by atoms with Crippen molar-refractivity contribution in [1.29, 1.82) is 0 Å². The van der Waals surface area contributed by atoms with E-state index in [2.05, 4.69) is 24.2 Å². The largest absolute Gasteiger partial charge is 0.444 e. The number of methoxy groups -OCH3 is 1. The summed E-state index contributed by atoms with van der Waals surface area (Å²) >= 11 is 0. The molecule has 3 amide bonds. The van der Waals surface area contributed by atoms with Gasteiger partial charge in [0, 0.05) is 46.4 Å². The number of hydrogen-bond acceptors (Lipinski definition) is 8. The number of rotatable bonds is 11. The third-order valence-corrected chi connectivity index (χ3v) is 8.34. The van der Waals surface area contributed by atoms with E-state index in [1.165, 1.54) is 0 Å². The van der Waals surface area contributed by atoms with Gasteiger partial charge >= 0.3 is 6.09 Å². The molecule has 3 heterocycles. The predicted molar refractivity (Wildman–Crippen MR) is 174 cm³/mol. The minimum absolute atomic E-state index is 0.0252. The van der Waals surface area contributed by atoms with E-state index in [1.54, 1.807) is 16.7 Å². The second-order valence-corrected chi connectivity index (χ2v) is 13.8. The molecule has 254 valence electrons. The Bertz CT molecular complexity index is 1330. The third-order valence-electron chi connectivity index (χ3n) is 8.34. The molecule has 2 atom stereocenters. The van der Waals surface area contributed by atoms with Crippen LogP contribution >= 0.6 is 0 Å². The maximum atomic E-state index is 14.6. The molecule has 2 aliphatic heterocycles. The van der Waals surface area contributed by atoms with Crippen LogP contribution in [0.4, 0.5) is 4.79 Å². The lowest BCUT2D eigenvalue weighted by atomic mass is 9.91. The molecule has 4 rings (SSSR count). The van der Waals surface area contributed by atoms with Gasteiger partial charge in [0.2, 0.25) is 5.91 Å². The maximum Gasteiger partial charge on any atom is 0.410 e. The first-order chi connectivity index (χ1) is 21.9. The molecule has 0 N–H and O–H groups in total. The highest BCUT2D eigenvalue weighted by atomic mass is 16.6. The number of aromatic nitrogens is 3. The van der Waals surface area contributed by atoms with Crippen molar-refractivity contribution in [3.63, 3.8) is 0 Å². The van der Waals surface area contributed by atoms with Crippen LogP contribution in [0.25, 0.3) is 5.69 Å². The number of unbranched alkanes of at least 4 members (excludes halogenated alkanes) is 1. The summed E-state index contributed by atoms with van der Waals surface area (Å²) in [5.74, 6) is -0.625. The molecule has 2 fully saturated rings. The fourth-order valence-electron chi connectivity index (χ4n) is 6.15. The zero-order chi connectivity index (χ0) is 33.4. The standard InChI is InChI=1S/C34H52N6O6/c1-24(2)21-39(32(42)30-29(14-10-11-17-44-7)40(36-35-30)28-13-9-8-12-25(28)3)27-20-26(31(41)37-15-18-45-19-16-37)22-38(23-27)33(43)46-34(4,5)6/h8-9,12-13,24,26-27H,10-11,14-23H2,1-7H3/t26-,27+/m1/s1. The van der Waals surface area contributed by atoms with Gasteiger partial charge in [0.1, 0.15) is 5.60 Å². The average Bonchev–Trinajstić information content (AvgIpc) is 3.44. The lowest BCUT2D eigenvalue weighted by molar-refractivity contribution is -0.142. The van der Waals surface area contributed by atoms with Gasteiger partial charge in [0.25, 0.3) is 5.91 Å². The van der Waals surface area contributed by atoms with Crippen LogP contribution in [-0.2, 0) is 25.4 Å². The lowest BCUT2D eigenvalue weighted by Gasteiger charge is -2.44. The van der Waals surface area contributed by atoms with Crippen molar-refractivity contribution in [3.05, 3.63) is 41.2 Å². The van der Waals surface area contributed by atoms with E-state index >= 15 is 0 Å². The number of piperidine rings is 1. The van der Waals surface area contributed by atoms with Gasteiger partial charge in [0.15, 0.2) is 5.69 Å². The Hall–Kier alpha value is -3.51. The first-order valence-electron chi connectivity index (χ1n) is 16.5. The Balaban J connectivity index is 1.70. The molecule has 1 aromatic heterocycles. The molecule has 0 unspecified atom stereocenters. The number of carbonyl (C=O) groups is 3. The molecule has 0 bridgehead atoms. The molecule has 0 aliphatic carbocycles. The van der Waals surface area contributed by atoms with E-state index in [4.69, 9.17) is 14.2 Å². The Morgan fingerprint density at radius 1 is 1.07 bits per heavy atom. The number of amides is 3. The summed E-state index contributed by atoms with van der Waals surface area (Å²) in [6, 6.07) is 7.49. The zero-order valence-corrected chi connectivity index (χ0v) is 28.7. The number of carbonyl (C=O) groups excluding carboxylic acids is 3. The van der Waals surface area contributed by atoms with Gasteiger partial charge in [-0.1, -0.05) is 37.3 Å². The molecule has 2 aromatic rings. The van der Waals surface area contributed by atoms with Gasteiger partial charge in [-0.15, -0.1) is 5.10 Å². The SMILES string of the molecule is COCCCCc1c(C(=O)N(CC(C)C)[C@H]2C[C@@H](C(=O)N3CCOCC3)CN(C(=O)OC(C)(C)C)C2)nnn1-c1ccccc1C. The van der Waals surface area contributed by atoms with E-state index in [0.29, 0.717) is 58.0 Å². The summed E-state index contributed by atoms with van der Waals surface area (Å²) in [5, 5.41) is 8.97. The highest BCUT2D eigenvalue weighted by molar-refractivity contribution is 5.94. The molecule has 2 saturated heterocycles. The lowest BCUT2D eigenvalue weighted by Crippen LogP contribution is -2.58. The van der Waals surface area contributed by atoms with Crippen molar-refractivity contribution in [2.24, 2.45) is 11.8 Å². The van der Waals surface area contributed by atoms with Gasteiger partial charge in [-0.2, -0.15) is 0 Å². The van der Waals surface area contributed by atoms with Gasteiger partial charge in [-0.3, -0.25) is 9.59 Å². The molecule has 12 heteroatoms. The fraction of sp³-hybridized carbons (Fsp3) is 0.676. The van der Waals surface area contributed by atoms with Gasteiger partial charge in [-0.25, -0.2) is 9.48 Å². The van der Waals surface area contributed by atoms with Crippen LogP contribution < -0.4 is 0 Å².